The van der Waals surface area contributed by atoms with Gasteiger partial charge < -0.3 is 5.73 Å². The number of aryl methyl sites for hydroxylation is 2. The minimum Gasteiger partial charge on any atom is -0.330 e. The van der Waals surface area contributed by atoms with Crippen LogP contribution in [0.25, 0.3) is 10.9 Å². The van der Waals surface area contributed by atoms with E-state index in [1.54, 1.807) is 0 Å². The maximum absolute atomic E-state index is 6.20. The van der Waals surface area contributed by atoms with Crippen LogP contribution < -0.4 is 5.73 Å². The normalized spacial score (nSPS) is 11.1. The van der Waals surface area contributed by atoms with Gasteiger partial charge in [0.1, 0.15) is 5.15 Å². The molecule has 1 aromatic heterocycles. The first kappa shape index (κ1) is 10.5. The molecule has 2 rings (SSSR count). The lowest BCUT2D eigenvalue weighted by Gasteiger charge is -1.99. The van der Waals surface area contributed by atoms with Crippen LogP contribution in [0.3, 0.4) is 0 Å². The van der Waals surface area contributed by atoms with Crippen LogP contribution in [0.4, 0.5) is 0 Å². The molecule has 80 valence electrons. The van der Waals surface area contributed by atoms with Crippen molar-refractivity contribution < 1.29 is 0 Å². The Bertz CT molecular complexity index is 476. The molecular formula is C11H14ClN3. The molecule has 3 nitrogen and oxygen atoms in total. The molecule has 0 radical (unpaired) electrons. The van der Waals surface area contributed by atoms with Gasteiger partial charge in [-0.15, -0.1) is 0 Å². The van der Waals surface area contributed by atoms with Crippen LogP contribution in [-0.4, -0.2) is 16.3 Å². The summed E-state index contributed by atoms with van der Waals surface area (Å²) in [6.07, 6.45) is 0.896. The van der Waals surface area contributed by atoms with Gasteiger partial charge in [-0.1, -0.05) is 17.7 Å². The van der Waals surface area contributed by atoms with Crippen molar-refractivity contribution in [3.63, 3.8) is 0 Å². The molecule has 2 N–H and O–H groups in total. The predicted octanol–water partition coefficient (Wildman–Crippen LogP) is 2.35. The summed E-state index contributed by atoms with van der Waals surface area (Å²) >= 11 is 6.20. The third-order valence-corrected chi connectivity index (χ3v) is 2.80. The van der Waals surface area contributed by atoms with Gasteiger partial charge in [0.05, 0.1) is 5.52 Å². The summed E-state index contributed by atoms with van der Waals surface area (Å²) in [6, 6.07) is 6.10. The molecule has 0 bridgehead atoms. The average Bonchev–Trinajstić information content (AvgIpc) is 2.52. The SMILES string of the molecule is Cc1ccc2c(Cl)n(CCCN)nc2c1. The molecule has 0 saturated heterocycles. The lowest BCUT2D eigenvalue weighted by Crippen LogP contribution is -2.06. The van der Waals surface area contributed by atoms with E-state index < -0.39 is 0 Å². The fourth-order valence-electron chi connectivity index (χ4n) is 1.60. The standard InChI is InChI=1S/C11H14ClN3/c1-8-3-4-9-10(7-8)14-15(11(9)12)6-2-5-13/h3-4,7H,2,5-6,13H2,1H3. The van der Waals surface area contributed by atoms with Gasteiger partial charge in [-0.25, -0.2) is 0 Å². The molecule has 0 fully saturated rings. The summed E-state index contributed by atoms with van der Waals surface area (Å²) < 4.78 is 1.82. The predicted molar refractivity (Wildman–Crippen MR) is 63.2 cm³/mol. The van der Waals surface area contributed by atoms with Crippen LogP contribution in [0.15, 0.2) is 18.2 Å². The van der Waals surface area contributed by atoms with E-state index in [9.17, 15) is 0 Å². The highest BCUT2D eigenvalue weighted by Crippen LogP contribution is 2.24. The number of fused-ring (bicyclic) bond motifs is 1. The van der Waals surface area contributed by atoms with Crippen LogP contribution >= 0.6 is 11.6 Å². The zero-order valence-electron chi connectivity index (χ0n) is 8.70. The number of nitrogens with zero attached hydrogens (tertiary/aromatic N) is 2. The highest BCUT2D eigenvalue weighted by molar-refractivity contribution is 6.34. The van der Waals surface area contributed by atoms with E-state index in [1.807, 2.05) is 29.8 Å². The lowest BCUT2D eigenvalue weighted by molar-refractivity contribution is 0.591. The topological polar surface area (TPSA) is 43.8 Å². The van der Waals surface area contributed by atoms with Gasteiger partial charge in [-0.05, 0) is 37.6 Å². The van der Waals surface area contributed by atoms with Gasteiger partial charge in [-0.3, -0.25) is 4.68 Å². The third-order valence-electron chi connectivity index (χ3n) is 2.40. The van der Waals surface area contributed by atoms with Crippen molar-refractivity contribution in [1.82, 2.24) is 9.78 Å². The van der Waals surface area contributed by atoms with Crippen molar-refractivity contribution in [3.8, 4) is 0 Å². The molecule has 0 saturated carbocycles. The Labute approximate surface area is 93.8 Å². The number of benzene rings is 1. The van der Waals surface area contributed by atoms with E-state index in [4.69, 9.17) is 17.3 Å². The summed E-state index contributed by atoms with van der Waals surface area (Å²) in [7, 11) is 0. The van der Waals surface area contributed by atoms with Crippen molar-refractivity contribution >= 4 is 22.5 Å². The van der Waals surface area contributed by atoms with Gasteiger partial charge in [-0.2, -0.15) is 5.10 Å². The lowest BCUT2D eigenvalue weighted by atomic mass is 10.2. The Kier molecular flexibility index (Phi) is 2.93. The number of hydrogen-bond acceptors (Lipinski definition) is 2. The summed E-state index contributed by atoms with van der Waals surface area (Å²) in [5, 5.41) is 6.16. The molecule has 4 heteroatoms. The maximum atomic E-state index is 6.20. The summed E-state index contributed by atoms with van der Waals surface area (Å²) in [6.45, 7) is 3.49. The second-order valence-electron chi connectivity index (χ2n) is 3.68. The Hall–Kier alpha value is -1.06. The summed E-state index contributed by atoms with van der Waals surface area (Å²) in [5.41, 5.74) is 7.61. The third kappa shape index (κ3) is 1.98. The molecule has 15 heavy (non-hydrogen) atoms. The zero-order valence-corrected chi connectivity index (χ0v) is 9.46. The first-order valence-corrected chi connectivity index (χ1v) is 5.43. The molecular weight excluding hydrogens is 210 g/mol. The van der Waals surface area contributed by atoms with E-state index in [0.717, 1.165) is 23.9 Å². The van der Waals surface area contributed by atoms with Gasteiger partial charge in [0.25, 0.3) is 0 Å². The number of rotatable bonds is 3. The van der Waals surface area contributed by atoms with E-state index >= 15 is 0 Å². The second-order valence-corrected chi connectivity index (χ2v) is 4.03. The van der Waals surface area contributed by atoms with Crippen LogP contribution in [0.2, 0.25) is 5.15 Å². The van der Waals surface area contributed by atoms with Gasteiger partial charge in [0.2, 0.25) is 0 Å². The molecule has 2 aromatic rings. The Morgan fingerprint density at radius 3 is 3.00 bits per heavy atom. The average molecular weight is 224 g/mol. The largest absolute Gasteiger partial charge is 0.330 e. The Morgan fingerprint density at radius 1 is 1.47 bits per heavy atom. The minimum atomic E-state index is 0.658. The van der Waals surface area contributed by atoms with Crippen molar-refractivity contribution in [2.24, 2.45) is 5.73 Å². The quantitative estimate of drug-likeness (QED) is 0.868. The molecule has 0 amide bonds. The first-order chi connectivity index (χ1) is 7.22. The van der Waals surface area contributed by atoms with Crippen LogP contribution in [0, 0.1) is 6.92 Å². The monoisotopic (exact) mass is 223 g/mol. The molecule has 0 aliphatic carbocycles. The van der Waals surface area contributed by atoms with E-state index in [2.05, 4.69) is 5.10 Å². The molecule has 0 spiro atoms. The highest BCUT2D eigenvalue weighted by Gasteiger charge is 2.07. The van der Waals surface area contributed by atoms with Crippen molar-refractivity contribution in [2.45, 2.75) is 19.9 Å². The fraction of sp³-hybridized carbons (Fsp3) is 0.364. The molecule has 0 aliphatic heterocycles. The van der Waals surface area contributed by atoms with Gasteiger partial charge in [0, 0.05) is 11.9 Å². The second kappa shape index (κ2) is 4.21. The van der Waals surface area contributed by atoms with Crippen LogP contribution in [0.1, 0.15) is 12.0 Å². The summed E-state index contributed by atoms with van der Waals surface area (Å²) in [4.78, 5) is 0. The van der Waals surface area contributed by atoms with Crippen molar-refractivity contribution in [1.29, 1.82) is 0 Å². The smallest absolute Gasteiger partial charge is 0.134 e. The molecule has 0 atom stereocenters. The molecule has 0 unspecified atom stereocenters. The highest BCUT2D eigenvalue weighted by atomic mass is 35.5. The minimum absolute atomic E-state index is 0.658. The number of halogens is 1. The van der Waals surface area contributed by atoms with E-state index in [1.165, 1.54) is 5.56 Å². The number of hydrogen-bond donors (Lipinski definition) is 1. The van der Waals surface area contributed by atoms with Crippen LogP contribution in [0.5, 0.6) is 0 Å². The van der Waals surface area contributed by atoms with Crippen molar-refractivity contribution in [3.05, 3.63) is 28.9 Å². The van der Waals surface area contributed by atoms with Crippen molar-refractivity contribution in [2.75, 3.05) is 6.54 Å². The Morgan fingerprint density at radius 2 is 2.27 bits per heavy atom. The zero-order chi connectivity index (χ0) is 10.8. The summed E-state index contributed by atoms with van der Waals surface area (Å²) in [5.74, 6) is 0. The first-order valence-electron chi connectivity index (χ1n) is 5.05. The Balaban J connectivity index is 2.44. The van der Waals surface area contributed by atoms with Gasteiger partial charge >= 0.3 is 0 Å². The molecule has 1 heterocycles. The fourth-order valence-corrected chi connectivity index (χ4v) is 1.88. The number of aromatic nitrogens is 2. The van der Waals surface area contributed by atoms with E-state index in [0.29, 0.717) is 11.7 Å². The molecule has 0 aliphatic rings. The number of nitrogens with two attached hydrogens (primary N) is 1. The molecule has 1 aromatic carbocycles. The van der Waals surface area contributed by atoms with E-state index in [-0.39, 0.29) is 0 Å². The van der Waals surface area contributed by atoms with Crippen LogP contribution in [-0.2, 0) is 6.54 Å². The maximum Gasteiger partial charge on any atom is 0.134 e. The van der Waals surface area contributed by atoms with Gasteiger partial charge in [0.15, 0.2) is 0 Å².